The Morgan fingerprint density at radius 3 is 2.55 bits per heavy atom. The van der Waals surface area contributed by atoms with E-state index >= 15 is 0 Å². The van der Waals surface area contributed by atoms with Crippen LogP contribution in [0, 0.1) is 6.92 Å². The van der Waals surface area contributed by atoms with Crippen molar-refractivity contribution in [2.75, 3.05) is 0 Å². The van der Waals surface area contributed by atoms with Crippen molar-refractivity contribution in [1.82, 2.24) is 15.1 Å². The van der Waals surface area contributed by atoms with E-state index in [0.717, 1.165) is 11.3 Å². The van der Waals surface area contributed by atoms with Gasteiger partial charge in [-0.2, -0.15) is 5.10 Å². The van der Waals surface area contributed by atoms with Gasteiger partial charge in [0, 0.05) is 11.1 Å². The summed E-state index contributed by atoms with van der Waals surface area (Å²) < 4.78 is 7.28. The minimum atomic E-state index is -0.233. The van der Waals surface area contributed by atoms with Gasteiger partial charge in [0.2, 0.25) is 0 Å². The molecule has 4 rings (SSSR count). The largest absolute Gasteiger partial charge is 0.460 e. The quantitative estimate of drug-likeness (QED) is 0.471. The predicted octanol–water partition coefficient (Wildman–Crippen LogP) is 5.59. The van der Waals surface area contributed by atoms with Gasteiger partial charge >= 0.3 is 0 Å². The molecule has 4 aromatic rings. The van der Waals surface area contributed by atoms with Gasteiger partial charge in [-0.15, -0.1) is 0 Å². The van der Waals surface area contributed by atoms with Gasteiger partial charge in [-0.1, -0.05) is 48.0 Å². The molecule has 1 atom stereocenters. The summed E-state index contributed by atoms with van der Waals surface area (Å²) in [6.07, 6.45) is 0. The Morgan fingerprint density at radius 2 is 1.86 bits per heavy atom. The van der Waals surface area contributed by atoms with E-state index in [0.29, 0.717) is 27.9 Å². The smallest absolute Gasteiger partial charge is 0.270 e. The molecule has 6 heteroatoms. The molecule has 146 valence electrons. The van der Waals surface area contributed by atoms with Crippen molar-refractivity contribution in [3.05, 3.63) is 94.8 Å². The van der Waals surface area contributed by atoms with Crippen LogP contribution in [0.4, 0.5) is 0 Å². The van der Waals surface area contributed by atoms with Crippen molar-refractivity contribution >= 4 is 17.5 Å². The first-order valence-corrected chi connectivity index (χ1v) is 9.67. The average molecular weight is 406 g/mol. The van der Waals surface area contributed by atoms with Gasteiger partial charge in [0.1, 0.15) is 17.1 Å². The summed E-state index contributed by atoms with van der Waals surface area (Å²) in [5.74, 6) is 1.15. The lowest BCUT2D eigenvalue weighted by molar-refractivity contribution is 0.0932. The lowest BCUT2D eigenvalue weighted by Crippen LogP contribution is -2.28. The number of carbonyl (C=O) groups excluding carboxylic acids is 1. The monoisotopic (exact) mass is 405 g/mol. The average Bonchev–Trinajstić information content (AvgIpc) is 3.35. The molecule has 0 aliphatic heterocycles. The van der Waals surface area contributed by atoms with E-state index in [-0.39, 0.29) is 11.9 Å². The Bertz CT molecular complexity index is 1150. The first-order valence-electron chi connectivity index (χ1n) is 9.30. The Kier molecular flexibility index (Phi) is 5.23. The maximum absolute atomic E-state index is 13.1. The molecular weight excluding hydrogens is 386 g/mol. The molecular formula is C23H20ClN3O2. The lowest BCUT2D eigenvalue weighted by atomic mass is 10.1. The van der Waals surface area contributed by atoms with Gasteiger partial charge < -0.3 is 9.73 Å². The highest BCUT2D eigenvalue weighted by Crippen LogP contribution is 2.25. The number of nitrogens with one attached hydrogen (secondary N) is 1. The van der Waals surface area contributed by atoms with Gasteiger partial charge in [0.25, 0.3) is 5.91 Å². The summed E-state index contributed by atoms with van der Waals surface area (Å²) in [4.78, 5) is 13.1. The number of aromatic nitrogens is 2. The van der Waals surface area contributed by atoms with Crippen LogP contribution in [0.25, 0.3) is 17.1 Å². The SMILES string of the molecule is Cc1ccc(-c2cc(C(=O)N[C@@H](C)c3ccccc3)n(-c3cccc(Cl)c3)n2)o1. The van der Waals surface area contributed by atoms with Crippen LogP contribution >= 0.6 is 11.6 Å². The van der Waals surface area contributed by atoms with Crippen LogP contribution in [0.2, 0.25) is 5.02 Å². The van der Waals surface area contributed by atoms with E-state index in [1.54, 1.807) is 22.9 Å². The number of furan rings is 1. The zero-order chi connectivity index (χ0) is 20.4. The summed E-state index contributed by atoms with van der Waals surface area (Å²) in [6, 6.07) is 22.3. The molecule has 0 aliphatic rings. The zero-order valence-corrected chi connectivity index (χ0v) is 16.9. The third-order valence-electron chi connectivity index (χ3n) is 4.63. The maximum Gasteiger partial charge on any atom is 0.270 e. The van der Waals surface area contributed by atoms with Crippen LogP contribution < -0.4 is 5.32 Å². The lowest BCUT2D eigenvalue weighted by Gasteiger charge is -2.15. The van der Waals surface area contributed by atoms with Crippen molar-refractivity contribution < 1.29 is 9.21 Å². The van der Waals surface area contributed by atoms with E-state index in [4.69, 9.17) is 16.0 Å². The Hall–Kier alpha value is -3.31. The van der Waals surface area contributed by atoms with Crippen LogP contribution in [0.3, 0.4) is 0 Å². The van der Waals surface area contributed by atoms with Gasteiger partial charge in [0.05, 0.1) is 11.7 Å². The second-order valence-electron chi connectivity index (χ2n) is 6.82. The number of hydrogen-bond acceptors (Lipinski definition) is 3. The van der Waals surface area contributed by atoms with Gasteiger partial charge in [-0.05, 0) is 49.7 Å². The van der Waals surface area contributed by atoms with Crippen molar-refractivity contribution in [2.45, 2.75) is 19.9 Å². The van der Waals surface area contributed by atoms with E-state index in [9.17, 15) is 4.79 Å². The number of carbonyl (C=O) groups is 1. The number of aryl methyl sites for hydroxylation is 1. The van der Waals surface area contributed by atoms with Crippen LogP contribution in [-0.2, 0) is 0 Å². The normalized spacial score (nSPS) is 12.0. The highest BCUT2D eigenvalue weighted by molar-refractivity contribution is 6.30. The summed E-state index contributed by atoms with van der Waals surface area (Å²) in [6.45, 7) is 3.82. The van der Waals surface area contributed by atoms with Gasteiger partial charge in [-0.3, -0.25) is 4.79 Å². The summed E-state index contributed by atoms with van der Waals surface area (Å²) in [5.41, 5.74) is 2.70. The summed E-state index contributed by atoms with van der Waals surface area (Å²) >= 11 is 6.16. The van der Waals surface area contributed by atoms with Gasteiger partial charge in [0.15, 0.2) is 5.76 Å². The molecule has 2 heterocycles. The summed E-state index contributed by atoms with van der Waals surface area (Å²) in [5, 5.41) is 8.22. The van der Waals surface area contributed by atoms with Crippen molar-refractivity contribution in [3.63, 3.8) is 0 Å². The van der Waals surface area contributed by atoms with E-state index < -0.39 is 0 Å². The fourth-order valence-electron chi connectivity index (χ4n) is 3.14. The maximum atomic E-state index is 13.1. The fraction of sp³-hybridized carbons (Fsp3) is 0.130. The van der Waals surface area contributed by atoms with Crippen molar-refractivity contribution in [1.29, 1.82) is 0 Å². The molecule has 2 aromatic heterocycles. The molecule has 0 aliphatic carbocycles. The number of nitrogens with zero attached hydrogens (tertiary/aromatic N) is 2. The fourth-order valence-corrected chi connectivity index (χ4v) is 3.32. The number of halogens is 1. The second kappa shape index (κ2) is 7.97. The minimum Gasteiger partial charge on any atom is -0.460 e. The molecule has 0 bridgehead atoms. The van der Waals surface area contributed by atoms with Crippen LogP contribution in [0.1, 0.15) is 34.8 Å². The Balaban J connectivity index is 1.72. The molecule has 0 saturated heterocycles. The van der Waals surface area contributed by atoms with Gasteiger partial charge in [-0.25, -0.2) is 4.68 Å². The molecule has 0 radical (unpaired) electrons. The highest BCUT2D eigenvalue weighted by atomic mass is 35.5. The molecule has 1 N–H and O–H groups in total. The van der Waals surface area contributed by atoms with Crippen molar-refractivity contribution in [2.24, 2.45) is 0 Å². The number of rotatable bonds is 5. The molecule has 29 heavy (non-hydrogen) atoms. The molecule has 2 aromatic carbocycles. The summed E-state index contributed by atoms with van der Waals surface area (Å²) in [7, 11) is 0. The zero-order valence-electron chi connectivity index (χ0n) is 16.1. The topological polar surface area (TPSA) is 60.1 Å². The van der Waals surface area contributed by atoms with Crippen LogP contribution in [0.15, 0.2) is 77.2 Å². The molecule has 0 saturated carbocycles. The van der Waals surface area contributed by atoms with E-state index in [1.807, 2.05) is 68.4 Å². The third kappa shape index (κ3) is 4.10. The molecule has 0 unspecified atom stereocenters. The Morgan fingerprint density at radius 1 is 1.07 bits per heavy atom. The molecule has 1 amide bonds. The van der Waals surface area contributed by atoms with E-state index in [1.165, 1.54) is 0 Å². The number of amides is 1. The second-order valence-corrected chi connectivity index (χ2v) is 7.26. The number of benzene rings is 2. The standard InChI is InChI=1S/C23H20ClN3O2/c1-15-11-12-22(29-15)20-14-21(27(26-20)19-10-6-9-18(24)13-19)23(28)25-16(2)17-7-4-3-5-8-17/h3-14,16H,1-2H3,(H,25,28)/t16-/m0/s1. The minimum absolute atomic E-state index is 0.152. The van der Waals surface area contributed by atoms with Crippen molar-refractivity contribution in [3.8, 4) is 17.1 Å². The first-order chi connectivity index (χ1) is 14.0. The molecule has 0 spiro atoms. The van der Waals surface area contributed by atoms with Crippen LogP contribution in [-0.4, -0.2) is 15.7 Å². The molecule has 0 fully saturated rings. The number of hydrogen-bond donors (Lipinski definition) is 1. The molecule has 5 nitrogen and oxygen atoms in total. The first kappa shape index (κ1) is 19.0. The Labute approximate surface area is 173 Å². The predicted molar refractivity (Wildman–Crippen MR) is 113 cm³/mol. The van der Waals surface area contributed by atoms with E-state index in [2.05, 4.69) is 10.4 Å². The third-order valence-corrected chi connectivity index (χ3v) is 4.87. The highest BCUT2D eigenvalue weighted by Gasteiger charge is 2.21. The van der Waals surface area contributed by atoms with Crippen LogP contribution in [0.5, 0.6) is 0 Å².